The molecule has 0 aliphatic rings. The molecule has 0 fully saturated rings. The molecule has 0 atom stereocenters. The zero-order valence-corrected chi connectivity index (χ0v) is 16.9. The van der Waals surface area contributed by atoms with Gasteiger partial charge in [-0.2, -0.15) is 0 Å². The Kier molecular flexibility index (Phi) is 5.83. The number of H-pyrrole nitrogens is 1. The summed E-state index contributed by atoms with van der Waals surface area (Å²) in [6.07, 6.45) is 1.55. The van der Waals surface area contributed by atoms with Gasteiger partial charge in [-0.1, -0.05) is 6.92 Å². The number of aromatic nitrogens is 2. The van der Waals surface area contributed by atoms with E-state index in [0.717, 1.165) is 12.1 Å². The van der Waals surface area contributed by atoms with Crippen molar-refractivity contribution in [2.75, 3.05) is 15.8 Å². The molecule has 3 aromatic rings. The number of anilines is 2. The smallest absolute Gasteiger partial charge is 0.261 e. The fourth-order valence-electron chi connectivity index (χ4n) is 2.79. The van der Waals surface area contributed by atoms with Gasteiger partial charge in [-0.15, -0.1) is 0 Å². The number of fused-ring (bicyclic) bond motifs is 1. The Morgan fingerprint density at radius 2 is 1.93 bits per heavy atom. The average Bonchev–Trinajstić information content (AvgIpc) is 3.08. The predicted octanol–water partition coefficient (Wildman–Crippen LogP) is 3.45. The minimum atomic E-state index is -3.84. The summed E-state index contributed by atoms with van der Waals surface area (Å²) in [6, 6.07) is 4.72. The van der Waals surface area contributed by atoms with E-state index >= 15 is 0 Å². The van der Waals surface area contributed by atoms with Crippen molar-refractivity contribution in [3.8, 4) is 0 Å². The monoisotopic (exact) mass is 436 g/mol. The highest BCUT2D eigenvalue weighted by Crippen LogP contribution is 2.24. The molecule has 0 spiro atoms. The second-order valence-electron chi connectivity index (χ2n) is 6.56. The van der Waals surface area contributed by atoms with Gasteiger partial charge in [-0.05, 0) is 30.7 Å². The van der Waals surface area contributed by atoms with Crippen LogP contribution in [0.25, 0.3) is 11.0 Å². The molecule has 0 bridgehead atoms. The molecule has 0 aliphatic heterocycles. The summed E-state index contributed by atoms with van der Waals surface area (Å²) < 4.78 is 54.7. The normalized spacial score (nSPS) is 11.5. The van der Waals surface area contributed by atoms with E-state index in [9.17, 15) is 26.8 Å². The lowest BCUT2D eigenvalue weighted by Gasteiger charge is -2.12. The fourth-order valence-corrected chi connectivity index (χ4v) is 3.93. The number of hydrogen-bond acceptors (Lipinski definition) is 5. The third kappa shape index (κ3) is 4.46. The van der Waals surface area contributed by atoms with E-state index in [1.165, 1.54) is 25.3 Å². The van der Waals surface area contributed by atoms with Crippen LogP contribution in [-0.2, 0) is 10.0 Å². The number of nitrogens with zero attached hydrogens (tertiary/aromatic N) is 1. The first-order valence-corrected chi connectivity index (χ1v) is 10.6. The lowest BCUT2D eigenvalue weighted by Crippen LogP contribution is -2.20. The van der Waals surface area contributed by atoms with E-state index in [2.05, 4.69) is 15.3 Å². The molecule has 1 amide bonds. The number of nitrogens with one attached hydrogen (secondary N) is 3. The molecule has 0 radical (unpaired) electrons. The molecule has 11 heteroatoms. The quantitative estimate of drug-likeness (QED) is 0.490. The van der Waals surface area contributed by atoms with Crippen LogP contribution >= 0.6 is 0 Å². The van der Waals surface area contributed by atoms with Crippen molar-refractivity contribution in [3.63, 3.8) is 0 Å². The molecule has 30 heavy (non-hydrogen) atoms. The number of sulfonamides is 1. The summed E-state index contributed by atoms with van der Waals surface area (Å²) in [6.45, 7) is 3.01. The minimum Gasteiger partial charge on any atom is -0.337 e. The van der Waals surface area contributed by atoms with Gasteiger partial charge in [0, 0.05) is 12.3 Å². The minimum absolute atomic E-state index is 0.136. The average molecular weight is 436 g/mol. The Bertz CT molecular complexity index is 1250. The van der Waals surface area contributed by atoms with Crippen molar-refractivity contribution in [2.24, 2.45) is 0 Å². The van der Waals surface area contributed by atoms with Gasteiger partial charge in [0.1, 0.15) is 17.0 Å². The highest BCUT2D eigenvalue weighted by atomic mass is 32.2. The van der Waals surface area contributed by atoms with Crippen molar-refractivity contribution in [1.82, 2.24) is 9.97 Å². The van der Waals surface area contributed by atoms with Crippen molar-refractivity contribution < 1.29 is 26.8 Å². The Hall–Kier alpha value is -3.34. The van der Waals surface area contributed by atoms with Crippen LogP contribution in [0, 0.1) is 11.6 Å². The topological polar surface area (TPSA) is 121 Å². The third-order valence-corrected chi connectivity index (χ3v) is 5.64. The lowest BCUT2D eigenvalue weighted by molar-refractivity contribution is 0.100. The van der Waals surface area contributed by atoms with Gasteiger partial charge < -0.3 is 10.3 Å². The van der Waals surface area contributed by atoms with Crippen LogP contribution in [0.15, 0.2) is 30.5 Å². The first-order chi connectivity index (χ1) is 14.1. The zero-order chi connectivity index (χ0) is 22.1. The Labute approximate surface area is 170 Å². The second kappa shape index (κ2) is 8.19. The SMILES string of the molecule is CCCS(=O)(=O)Nc1ccc(F)c(C(=O)Nc2cnc3[nH]c(C(C)=O)cc3c2)c1F. The standard InChI is InChI=1S/C19H18F2N4O4S/c1-3-6-30(28,29)25-14-5-4-13(20)16(17(14)21)19(27)23-12-7-11-8-15(10(2)26)24-18(11)22-9-12/h4-5,7-9,25H,3,6H2,1-2H3,(H,22,24)(H,23,27). The summed E-state index contributed by atoms with van der Waals surface area (Å²) >= 11 is 0. The van der Waals surface area contributed by atoms with Crippen LogP contribution < -0.4 is 10.0 Å². The van der Waals surface area contributed by atoms with Crippen LogP contribution in [0.5, 0.6) is 0 Å². The number of carbonyl (C=O) groups is 2. The highest BCUT2D eigenvalue weighted by Gasteiger charge is 2.23. The van der Waals surface area contributed by atoms with E-state index < -0.39 is 38.8 Å². The Morgan fingerprint density at radius 3 is 2.60 bits per heavy atom. The Morgan fingerprint density at radius 1 is 1.20 bits per heavy atom. The van der Waals surface area contributed by atoms with Gasteiger partial charge in [-0.25, -0.2) is 22.2 Å². The van der Waals surface area contributed by atoms with E-state index in [4.69, 9.17) is 0 Å². The van der Waals surface area contributed by atoms with Crippen LogP contribution in [0.4, 0.5) is 20.2 Å². The molecule has 3 rings (SSSR count). The van der Waals surface area contributed by atoms with Crippen LogP contribution in [-0.4, -0.2) is 35.8 Å². The van der Waals surface area contributed by atoms with E-state index in [0.29, 0.717) is 23.1 Å². The molecular formula is C19H18F2N4O4S. The number of amides is 1. The number of benzene rings is 1. The molecule has 0 saturated heterocycles. The summed E-state index contributed by atoms with van der Waals surface area (Å²) in [5, 5.41) is 2.84. The van der Waals surface area contributed by atoms with Crippen molar-refractivity contribution in [2.45, 2.75) is 20.3 Å². The number of carbonyl (C=O) groups excluding carboxylic acids is 2. The summed E-state index contributed by atoms with van der Waals surface area (Å²) in [5.41, 5.74) is -0.601. The Balaban J connectivity index is 1.90. The van der Waals surface area contributed by atoms with Gasteiger partial charge >= 0.3 is 0 Å². The summed E-state index contributed by atoms with van der Waals surface area (Å²) in [4.78, 5) is 30.8. The molecule has 0 aliphatic carbocycles. The number of rotatable bonds is 7. The van der Waals surface area contributed by atoms with Gasteiger partial charge in [0.05, 0.1) is 29.0 Å². The number of halogens is 2. The summed E-state index contributed by atoms with van der Waals surface area (Å²) in [7, 11) is -3.84. The predicted molar refractivity (Wildman–Crippen MR) is 108 cm³/mol. The molecule has 158 valence electrons. The maximum atomic E-state index is 14.7. The van der Waals surface area contributed by atoms with Gasteiger partial charge in [0.2, 0.25) is 10.0 Å². The van der Waals surface area contributed by atoms with Gasteiger partial charge in [0.25, 0.3) is 5.91 Å². The van der Waals surface area contributed by atoms with Gasteiger partial charge in [0.15, 0.2) is 11.6 Å². The second-order valence-corrected chi connectivity index (χ2v) is 8.40. The molecule has 2 heterocycles. The van der Waals surface area contributed by atoms with Crippen molar-refractivity contribution >= 4 is 44.1 Å². The number of hydrogen-bond donors (Lipinski definition) is 3. The van der Waals surface area contributed by atoms with Crippen molar-refractivity contribution in [1.29, 1.82) is 0 Å². The molecule has 3 N–H and O–H groups in total. The highest BCUT2D eigenvalue weighted by molar-refractivity contribution is 7.92. The molecular weight excluding hydrogens is 418 g/mol. The largest absolute Gasteiger partial charge is 0.337 e. The number of ketones is 1. The third-order valence-electron chi connectivity index (χ3n) is 4.16. The van der Waals surface area contributed by atoms with Crippen LogP contribution in [0.2, 0.25) is 0 Å². The van der Waals surface area contributed by atoms with E-state index in [-0.39, 0.29) is 17.2 Å². The first-order valence-electron chi connectivity index (χ1n) is 8.91. The fraction of sp³-hybridized carbons (Fsp3) is 0.211. The van der Waals surface area contributed by atoms with E-state index in [1.54, 1.807) is 6.92 Å². The number of aromatic amines is 1. The summed E-state index contributed by atoms with van der Waals surface area (Å²) in [5.74, 6) is -4.06. The number of pyridine rings is 1. The number of Topliss-reactive ketones (excluding diaryl/α,β-unsaturated/α-hetero) is 1. The molecule has 0 unspecified atom stereocenters. The van der Waals surface area contributed by atoms with E-state index in [1.807, 2.05) is 4.72 Å². The molecule has 0 saturated carbocycles. The maximum Gasteiger partial charge on any atom is 0.261 e. The molecule has 1 aromatic carbocycles. The van der Waals surface area contributed by atoms with Gasteiger partial charge in [-0.3, -0.25) is 14.3 Å². The molecule has 2 aromatic heterocycles. The first kappa shape index (κ1) is 21.4. The maximum absolute atomic E-state index is 14.7. The van der Waals surface area contributed by atoms with Crippen molar-refractivity contribution in [3.05, 3.63) is 53.4 Å². The van der Waals surface area contributed by atoms with Crippen LogP contribution in [0.3, 0.4) is 0 Å². The zero-order valence-electron chi connectivity index (χ0n) is 16.0. The molecule has 8 nitrogen and oxygen atoms in total. The lowest BCUT2D eigenvalue weighted by atomic mass is 10.1. The van der Waals surface area contributed by atoms with Crippen LogP contribution in [0.1, 0.15) is 41.1 Å².